The van der Waals surface area contributed by atoms with E-state index in [4.69, 9.17) is 4.84 Å². The van der Waals surface area contributed by atoms with Crippen molar-refractivity contribution in [2.24, 2.45) is 10.6 Å². The molecule has 1 aromatic heterocycles. The van der Waals surface area contributed by atoms with Gasteiger partial charge < -0.3 is 14.3 Å². The number of aromatic nitrogens is 2. The van der Waals surface area contributed by atoms with E-state index in [9.17, 15) is 0 Å². The largest absolute Gasteiger partial charge is 0.360 e. The lowest BCUT2D eigenvalue weighted by Gasteiger charge is -2.41. The summed E-state index contributed by atoms with van der Waals surface area (Å²) >= 11 is 0. The van der Waals surface area contributed by atoms with Gasteiger partial charge in [0.25, 0.3) is 0 Å². The topological polar surface area (TPSA) is 42.7 Å². The maximum atomic E-state index is 6.10. The number of rotatable bonds is 3. The van der Waals surface area contributed by atoms with Crippen molar-refractivity contribution in [3.8, 4) is 5.69 Å². The lowest BCUT2D eigenvalue weighted by molar-refractivity contribution is -0.0968. The number of imidazole rings is 1. The minimum absolute atomic E-state index is 0.364. The number of nitrogens with zero attached hydrogens (tertiary/aromatic N) is 4. The molecule has 3 aromatic rings. The van der Waals surface area contributed by atoms with Crippen LogP contribution in [0, 0.1) is 12.3 Å². The van der Waals surface area contributed by atoms with Gasteiger partial charge in [-0.25, -0.2) is 4.98 Å². The third-order valence-corrected chi connectivity index (χ3v) is 6.94. The molecule has 3 aliphatic rings. The van der Waals surface area contributed by atoms with E-state index in [0.717, 1.165) is 35.7 Å². The Bertz CT molecular complexity index is 1190. The lowest BCUT2D eigenvalue weighted by Crippen LogP contribution is -2.50. The molecular weight excluding hydrogens is 384 g/mol. The number of hydrogen-bond donors (Lipinski definition) is 0. The van der Waals surface area contributed by atoms with Crippen LogP contribution in [0.4, 0.5) is 0 Å². The smallest absolute Gasteiger partial charge is 0.234 e. The van der Waals surface area contributed by atoms with Gasteiger partial charge in [-0.15, -0.1) is 0 Å². The highest BCUT2D eigenvalue weighted by Gasteiger charge is 2.56. The average molecular weight is 411 g/mol. The van der Waals surface area contributed by atoms with Crippen molar-refractivity contribution in [3.63, 3.8) is 0 Å². The van der Waals surface area contributed by atoms with Crippen LogP contribution in [-0.2, 0) is 10.6 Å². The number of oxime groups is 1. The molecule has 2 aromatic carbocycles. The zero-order valence-electron chi connectivity index (χ0n) is 18.0. The molecule has 3 heterocycles. The van der Waals surface area contributed by atoms with Crippen LogP contribution in [0.2, 0.25) is 0 Å². The molecule has 0 N–H and O–H groups in total. The predicted molar refractivity (Wildman–Crippen MR) is 122 cm³/mol. The van der Waals surface area contributed by atoms with Crippen molar-refractivity contribution < 1.29 is 4.84 Å². The number of benzene rings is 2. The fourth-order valence-electron chi connectivity index (χ4n) is 4.85. The summed E-state index contributed by atoms with van der Waals surface area (Å²) in [5, 5.41) is 4.59. The van der Waals surface area contributed by atoms with Gasteiger partial charge in [0.2, 0.25) is 5.72 Å². The van der Waals surface area contributed by atoms with E-state index in [1.807, 2.05) is 30.1 Å². The van der Waals surface area contributed by atoms with Crippen molar-refractivity contribution in [3.05, 3.63) is 89.5 Å². The minimum atomic E-state index is -0.547. The quantitative estimate of drug-likeness (QED) is 0.591. The van der Waals surface area contributed by atoms with E-state index in [1.54, 1.807) is 0 Å². The zero-order valence-corrected chi connectivity index (χ0v) is 18.0. The van der Waals surface area contributed by atoms with Gasteiger partial charge in [0, 0.05) is 30.9 Å². The van der Waals surface area contributed by atoms with Crippen LogP contribution < -0.4 is 0 Å². The van der Waals surface area contributed by atoms with Crippen molar-refractivity contribution >= 4 is 11.9 Å². The summed E-state index contributed by atoms with van der Waals surface area (Å²) < 4.78 is 2.05. The molecule has 2 fully saturated rings. The molecule has 31 heavy (non-hydrogen) atoms. The molecule has 1 atom stereocenters. The molecule has 0 bridgehead atoms. The van der Waals surface area contributed by atoms with Crippen LogP contribution >= 0.6 is 0 Å². The van der Waals surface area contributed by atoms with Crippen molar-refractivity contribution in [1.29, 1.82) is 0 Å². The second-order valence-corrected chi connectivity index (χ2v) is 9.30. The van der Waals surface area contributed by atoms with Crippen LogP contribution in [0.5, 0.6) is 0 Å². The van der Waals surface area contributed by atoms with Crippen LogP contribution in [0.25, 0.3) is 11.8 Å². The first kappa shape index (κ1) is 18.4. The SMILES string of the molecule is Cc1cn(-c2ccc(C=C3CC4(CC4)CN4C3=NOC4(C)c3ccccc3)cc2)cn1. The Morgan fingerprint density at radius 1 is 1.03 bits per heavy atom. The van der Waals surface area contributed by atoms with Gasteiger partial charge in [-0.3, -0.25) is 0 Å². The highest BCUT2D eigenvalue weighted by atomic mass is 16.7. The van der Waals surface area contributed by atoms with Crippen molar-refractivity contribution in [2.75, 3.05) is 6.54 Å². The number of aryl methyl sites for hydroxylation is 1. The maximum Gasteiger partial charge on any atom is 0.234 e. The highest BCUT2D eigenvalue weighted by molar-refractivity contribution is 6.04. The van der Waals surface area contributed by atoms with E-state index >= 15 is 0 Å². The van der Waals surface area contributed by atoms with E-state index in [2.05, 4.69) is 76.6 Å². The Balaban J connectivity index is 1.33. The summed E-state index contributed by atoms with van der Waals surface area (Å²) in [4.78, 5) is 12.8. The Kier molecular flexibility index (Phi) is 3.91. The third kappa shape index (κ3) is 3.07. The number of piperidine rings is 1. The summed E-state index contributed by atoms with van der Waals surface area (Å²) in [5.41, 5.74) is 5.55. The van der Waals surface area contributed by atoms with Crippen LogP contribution in [0.1, 0.15) is 43.0 Å². The number of hydrogen-bond acceptors (Lipinski definition) is 4. The second kappa shape index (κ2) is 6.58. The lowest BCUT2D eigenvalue weighted by atomic mass is 9.86. The molecule has 1 saturated heterocycles. The molecule has 1 spiro atoms. The van der Waals surface area contributed by atoms with E-state index in [1.165, 1.54) is 24.0 Å². The Labute approximate surface area is 182 Å². The van der Waals surface area contributed by atoms with Gasteiger partial charge in [0.1, 0.15) is 0 Å². The van der Waals surface area contributed by atoms with E-state index in [-0.39, 0.29) is 0 Å². The zero-order chi connectivity index (χ0) is 21.1. The van der Waals surface area contributed by atoms with Crippen LogP contribution in [0.15, 0.2) is 77.9 Å². The van der Waals surface area contributed by atoms with Crippen molar-refractivity contribution in [1.82, 2.24) is 14.5 Å². The molecular formula is C26H26N4O. The number of fused-ring (bicyclic) bond motifs is 1. The summed E-state index contributed by atoms with van der Waals surface area (Å²) in [7, 11) is 0. The molecule has 0 amide bonds. The van der Waals surface area contributed by atoms with Gasteiger partial charge in [-0.2, -0.15) is 0 Å². The number of amidine groups is 1. The average Bonchev–Trinajstić information content (AvgIpc) is 3.23. The standard InChI is InChI=1S/C26H26N4O/c1-19-16-29(18-27-19)23-10-8-20(9-11-23)14-21-15-26(12-13-26)17-30-24(21)28-31-25(30,2)22-6-4-3-5-7-22/h3-11,14,16,18H,12-13,15,17H2,1-2H3. The fraction of sp³-hybridized carbons (Fsp3) is 0.308. The Morgan fingerprint density at radius 2 is 1.81 bits per heavy atom. The molecule has 2 aliphatic heterocycles. The van der Waals surface area contributed by atoms with Crippen LogP contribution in [0.3, 0.4) is 0 Å². The molecule has 1 aliphatic carbocycles. The van der Waals surface area contributed by atoms with Gasteiger partial charge in [-0.05, 0) is 60.9 Å². The summed E-state index contributed by atoms with van der Waals surface area (Å²) in [6.07, 6.45) is 9.80. The maximum absolute atomic E-state index is 6.10. The molecule has 156 valence electrons. The first-order valence-electron chi connectivity index (χ1n) is 11.0. The second-order valence-electron chi connectivity index (χ2n) is 9.30. The normalized spacial score (nSPS) is 24.8. The van der Waals surface area contributed by atoms with Gasteiger partial charge in [0.05, 0.1) is 12.0 Å². The van der Waals surface area contributed by atoms with Gasteiger partial charge >= 0.3 is 0 Å². The monoisotopic (exact) mass is 410 g/mol. The highest BCUT2D eigenvalue weighted by Crippen LogP contribution is 2.57. The summed E-state index contributed by atoms with van der Waals surface area (Å²) in [5.74, 6) is 0.984. The summed E-state index contributed by atoms with van der Waals surface area (Å²) in [6, 6.07) is 19.1. The molecule has 1 unspecified atom stereocenters. The summed E-state index contributed by atoms with van der Waals surface area (Å²) in [6.45, 7) is 5.15. The Hall–Kier alpha value is -3.34. The molecule has 6 rings (SSSR count). The van der Waals surface area contributed by atoms with Crippen molar-refractivity contribution in [2.45, 2.75) is 38.8 Å². The Morgan fingerprint density at radius 3 is 2.48 bits per heavy atom. The predicted octanol–water partition coefficient (Wildman–Crippen LogP) is 5.27. The molecule has 1 saturated carbocycles. The third-order valence-electron chi connectivity index (χ3n) is 6.94. The molecule has 0 radical (unpaired) electrons. The molecule has 5 heteroatoms. The molecule has 5 nitrogen and oxygen atoms in total. The minimum Gasteiger partial charge on any atom is -0.360 e. The van der Waals surface area contributed by atoms with Gasteiger partial charge in [-0.1, -0.05) is 47.6 Å². The first-order chi connectivity index (χ1) is 15.0. The van der Waals surface area contributed by atoms with E-state index < -0.39 is 5.72 Å². The fourth-order valence-corrected chi connectivity index (χ4v) is 4.85. The van der Waals surface area contributed by atoms with Crippen LogP contribution in [-0.4, -0.2) is 26.8 Å². The van der Waals surface area contributed by atoms with Gasteiger partial charge in [0.15, 0.2) is 5.84 Å². The first-order valence-corrected chi connectivity index (χ1v) is 11.0. The van der Waals surface area contributed by atoms with E-state index in [0.29, 0.717) is 5.41 Å².